The summed E-state index contributed by atoms with van der Waals surface area (Å²) in [6.45, 7) is 5.90. The second kappa shape index (κ2) is 3.69. The summed E-state index contributed by atoms with van der Waals surface area (Å²) < 4.78 is 0. The summed E-state index contributed by atoms with van der Waals surface area (Å²) in [6.07, 6.45) is 1.96. The van der Waals surface area contributed by atoms with Gasteiger partial charge in [-0.15, -0.1) is 15.8 Å². The van der Waals surface area contributed by atoms with Crippen LogP contribution in [0.1, 0.15) is 18.4 Å². The minimum Gasteiger partial charge on any atom is -0.106 e. The molecule has 1 rings (SSSR count). The Balaban J connectivity index is 2.89. The van der Waals surface area contributed by atoms with Crippen LogP contribution in [-0.2, 0) is 0 Å². The molecule has 0 aliphatic rings. The maximum atomic E-state index is 3.75. The zero-order chi connectivity index (χ0) is 8.27. The van der Waals surface area contributed by atoms with E-state index < -0.39 is 0 Å². The van der Waals surface area contributed by atoms with Crippen molar-refractivity contribution in [2.75, 3.05) is 0 Å². The van der Waals surface area contributed by atoms with Crippen molar-refractivity contribution < 1.29 is 0 Å². The van der Waals surface area contributed by atoms with Crippen molar-refractivity contribution in [1.82, 2.24) is 0 Å². The van der Waals surface area contributed by atoms with Crippen molar-refractivity contribution in [3.05, 3.63) is 42.5 Å². The average molecular weight is 164 g/mol. The summed E-state index contributed by atoms with van der Waals surface area (Å²) in [5.41, 5.74) is 1.33. The van der Waals surface area contributed by atoms with Crippen LogP contribution in [0.2, 0.25) is 0 Å². The van der Waals surface area contributed by atoms with Gasteiger partial charge < -0.3 is 0 Å². The second-order valence-electron chi connectivity index (χ2n) is 2.69. The number of allylic oxidation sites excluding steroid dienone is 1. The van der Waals surface area contributed by atoms with E-state index in [-0.39, 0.29) is 0 Å². The summed E-state index contributed by atoms with van der Waals surface area (Å²) in [7, 11) is 2.67. The van der Waals surface area contributed by atoms with Gasteiger partial charge in [-0.2, -0.15) is 0 Å². The SMILES string of the molecule is C=CC(C)c1ccc(P)cc1. The van der Waals surface area contributed by atoms with Crippen LogP contribution in [0.5, 0.6) is 0 Å². The average Bonchev–Trinajstić information content (AvgIpc) is 2.05. The molecule has 0 saturated carbocycles. The van der Waals surface area contributed by atoms with E-state index >= 15 is 0 Å². The Hall–Kier alpha value is -0.610. The summed E-state index contributed by atoms with van der Waals surface area (Å²) in [5, 5.41) is 1.23. The molecule has 0 radical (unpaired) electrons. The molecular weight excluding hydrogens is 151 g/mol. The minimum absolute atomic E-state index is 0.459. The molecule has 2 atom stereocenters. The lowest BCUT2D eigenvalue weighted by Crippen LogP contribution is -1.93. The molecular formula is C10H13P. The molecule has 0 heterocycles. The first-order chi connectivity index (χ1) is 5.24. The Bertz CT molecular complexity index is 236. The molecule has 0 N–H and O–H groups in total. The van der Waals surface area contributed by atoms with Gasteiger partial charge in [0.15, 0.2) is 0 Å². The van der Waals surface area contributed by atoms with Crippen LogP contribution in [0, 0.1) is 0 Å². The number of hydrogen-bond donors (Lipinski definition) is 0. The highest BCUT2D eigenvalue weighted by atomic mass is 31.0. The van der Waals surface area contributed by atoms with Crippen LogP contribution in [0.25, 0.3) is 0 Å². The van der Waals surface area contributed by atoms with E-state index in [1.165, 1.54) is 10.9 Å². The number of hydrogen-bond acceptors (Lipinski definition) is 0. The van der Waals surface area contributed by atoms with E-state index in [0.29, 0.717) is 5.92 Å². The minimum atomic E-state index is 0.459. The Morgan fingerprint density at radius 3 is 2.36 bits per heavy atom. The Labute approximate surface area is 70.5 Å². The molecule has 1 heteroatoms. The van der Waals surface area contributed by atoms with Crippen LogP contribution in [0.4, 0.5) is 0 Å². The number of benzene rings is 1. The molecule has 2 unspecified atom stereocenters. The van der Waals surface area contributed by atoms with Crippen LogP contribution in [0.3, 0.4) is 0 Å². The van der Waals surface area contributed by atoms with Gasteiger partial charge in [0.25, 0.3) is 0 Å². The van der Waals surface area contributed by atoms with Gasteiger partial charge in [0.2, 0.25) is 0 Å². The van der Waals surface area contributed by atoms with Crippen molar-refractivity contribution in [2.24, 2.45) is 0 Å². The van der Waals surface area contributed by atoms with Gasteiger partial charge in [-0.25, -0.2) is 0 Å². The quantitative estimate of drug-likeness (QED) is 0.465. The van der Waals surface area contributed by atoms with Gasteiger partial charge in [0, 0.05) is 0 Å². The molecule has 1 aromatic carbocycles. The molecule has 0 nitrogen and oxygen atoms in total. The van der Waals surface area contributed by atoms with Gasteiger partial charge in [-0.1, -0.05) is 37.3 Å². The highest BCUT2D eigenvalue weighted by Gasteiger charge is 1.97. The molecule has 0 spiro atoms. The van der Waals surface area contributed by atoms with Crippen molar-refractivity contribution in [1.29, 1.82) is 0 Å². The lowest BCUT2D eigenvalue weighted by molar-refractivity contribution is 0.972. The molecule has 11 heavy (non-hydrogen) atoms. The summed E-state index contributed by atoms with van der Waals surface area (Å²) in [4.78, 5) is 0. The van der Waals surface area contributed by atoms with Crippen LogP contribution in [-0.4, -0.2) is 0 Å². The van der Waals surface area contributed by atoms with Crippen molar-refractivity contribution >= 4 is 14.5 Å². The van der Waals surface area contributed by atoms with Gasteiger partial charge in [0.05, 0.1) is 0 Å². The zero-order valence-electron chi connectivity index (χ0n) is 6.75. The van der Waals surface area contributed by atoms with Crippen LogP contribution in [0.15, 0.2) is 36.9 Å². The predicted octanol–water partition coefficient (Wildman–Crippen LogP) is 2.48. The fourth-order valence-corrected chi connectivity index (χ4v) is 1.13. The fourth-order valence-electron chi connectivity index (χ4n) is 0.936. The lowest BCUT2D eigenvalue weighted by Gasteiger charge is -2.05. The Morgan fingerprint density at radius 2 is 1.91 bits per heavy atom. The first-order valence-corrected chi connectivity index (χ1v) is 4.29. The molecule has 0 amide bonds. The van der Waals surface area contributed by atoms with Gasteiger partial charge in [-0.3, -0.25) is 0 Å². The third-order valence-corrected chi connectivity index (χ3v) is 2.20. The van der Waals surface area contributed by atoms with Crippen molar-refractivity contribution in [3.63, 3.8) is 0 Å². The molecule has 0 bridgehead atoms. The van der Waals surface area contributed by atoms with E-state index in [0.717, 1.165) is 0 Å². The van der Waals surface area contributed by atoms with E-state index in [1.54, 1.807) is 0 Å². The highest BCUT2D eigenvalue weighted by molar-refractivity contribution is 7.27. The van der Waals surface area contributed by atoms with Gasteiger partial charge in [0.1, 0.15) is 0 Å². The van der Waals surface area contributed by atoms with E-state index in [4.69, 9.17) is 0 Å². The molecule has 58 valence electrons. The predicted molar refractivity (Wildman–Crippen MR) is 54.4 cm³/mol. The third-order valence-electron chi connectivity index (χ3n) is 1.82. The van der Waals surface area contributed by atoms with Gasteiger partial charge in [-0.05, 0) is 16.8 Å². The topological polar surface area (TPSA) is 0 Å². The molecule has 1 aromatic rings. The van der Waals surface area contributed by atoms with E-state index in [9.17, 15) is 0 Å². The first-order valence-electron chi connectivity index (χ1n) is 3.72. The van der Waals surface area contributed by atoms with Gasteiger partial charge >= 0.3 is 0 Å². The largest absolute Gasteiger partial charge is 0.106 e. The van der Waals surface area contributed by atoms with Crippen LogP contribution >= 0.6 is 9.24 Å². The first kappa shape index (κ1) is 8.49. The normalized spacial score (nSPS) is 12.5. The fraction of sp³-hybridized carbons (Fsp3) is 0.200. The number of rotatable bonds is 2. The Kier molecular flexibility index (Phi) is 2.84. The monoisotopic (exact) mass is 164 g/mol. The van der Waals surface area contributed by atoms with Crippen molar-refractivity contribution in [2.45, 2.75) is 12.8 Å². The van der Waals surface area contributed by atoms with Crippen LogP contribution < -0.4 is 5.30 Å². The second-order valence-corrected chi connectivity index (χ2v) is 3.36. The molecule has 0 fully saturated rings. The summed E-state index contributed by atoms with van der Waals surface area (Å²) >= 11 is 0. The van der Waals surface area contributed by atoms with Crippen molar-refractivity contribution in [3.8, 4) is 0 Å². The highest BCUT2D eigenvalue weighted by Crippen LogP contribution is 2.14. The maximum absolute atomic E-state index is 3.75. The molecule has 0 aromatic heterocycles. The third kappa shape index (κ3) is 2.17. The van der Waals surface area contributed by atoms with E-state index in [1.807, 2.05) is 6.08 Å². The standard InChI is InChI=1S/C10H13P/c1-3-8(2)9-4-6-10(11)7-5-9/h3-8H,1,11H2,2H3. The Morgan fingerprint density at radius 1 is 1.36 bits per heavy atom. The maximum Gasteiger partial charge on any atom is -0.00131 e. The molecule has 0 aliphatic heterocycles. The summed E-state index contributed by atoms with van der Waals surface area (Å²) in [5.74, 6) is 0.459. The molecule has 0 aliphatic carbocycles. The molecule has 0 saturated heterocycles. The lowest BCUT2D eigenvalue weighted by atomic mass is 10.0. The van der Waals surface area contributed by atoms with E-state index in [2.05, 4.69) is 47.0 Å². The smallest absolute Gasteiger partial charge is 0.00131 e. The summed E-state index contributed by atoms with van der Waals surface area (Å²) in [6, 6.07) is 8.46. The zero-order valence-corrected chi connectivity index (χ0v) is 7.90.